The summed E-state index contributed by atoms with van der Waals surface area (Å²) in [4.78, 5) is 0. The minimum absolute atomic E-state index is 0.747. The summed E-state index contributed by atoms with van der Waals surface area (Å²) in [6.45, 7) is 0. The number of rotatable bonds is 6. The molecule has 0 aromatic heterocycles. The Bertz CT molecular complexity index is 1970. The molecule has 0 fully saturated rings. The van der Waals surface area contributed by atoms with Crippen LogP contribution >= 0.6 is 0 Å². The highest BCUT2D eigenvalue weighted by atomic mass is 14.6. The second kappa shape index (κ2) is 11.8. The number of nitrogens with two attached hydrogens (primary N) is 2. The molecule has 0 aliphatic carbocycles. The van der Waals surface area contributed by atoms with Gasteiger partial charge in [0.05, 0.1) is 0 Å². The van der Waals surface area contributed by atoms with E-state index in [0.29, 0.717) is 0 Å². The zero-order valence-corrected chi connectivity index (χ0v) is 24.3. The summed E-state index contributed by atoms with van der Waals surface area (Å²) in [5.41, 5.74) is 28.4. The molecule has 0 bridgehead atoms. The molecule has 0 spiro atoms. The average Bonchev–Trinajstić information content (AvgIpc) is 3.10. The van der Waals surface area contributed by atoms with Crippen LogP contribution in [0, 0.1) is 0 Å². The molecule has 7 rings (SSSR count). The summed E-state index contributed by atoms with van der Waals surface area (Å²) in [6, 6.07) is 58.9. The lowest BCUT2D eigenvalue weighted by molar-refractivity contribution is 1.53. The van der Waals surface area contributed by atoms with Crippen LogP contribution in [0.5, 0.6) is 0 Å². The Morgan fingerprint density at radius 3 is 0.955 bits per heavy atom. The maximum absolute atomic E-state index is 7.24. The summed E-state index contributed by atoms with van der Waals surface area (Å²) >= 11 is 0. The maximum atomic E-state index is 7.24. The van der Waals surface area contributed by atoms with Crippen molar-refractivity contribution < 1.29 is 0 Å². The quantitative estimate of drug-likeness (QED) is 0.197. The van der Waals surface area contributed by atoms with Crippen LogP contribution in [-0.2, 0) is 0 Å². The van der Waals surface area contributed by atoms with Gasteiger partial charge >= 0.3 is 0 Å². The molecular weight excluding hydrogens is 532 g/mol. The smallest absolute Gasteiger partial charge is 0.0480 e. The van der Waals surface area contributed by atoms with E-state index in [2.05, 4.69) is 146 Å². The van der Waals surface area contributed by atoms with Crippen molar-refractivity contribution in [3.8, 4) is 66.8 Å². The summed E-state index contributed by atoms with van der Waals surface area (Å²) in [5, 5.41) is 0. The lowest BCUT2D eigenvalue weighted by Crippen LogP contribution is -2.02. The Balaban J connectivity index is 1.64. The molecule has 0 saturated heterocycles. The Morgan fingerprint density at radius 1 is 0.250 bits per heavy atom. The van der Waals surface area contributed by atoms with Crippen LogP contribution in [0.25, 0.3) is 66.8 Å². The molecule has 44 heavy (non-hydrogen) atoms. The fourth-order valence-electron chi connectivity index (χ4n) is 6.12. The van der Waals surface area contributed by atoms with Gasteiger partial charge in [-0.25, -0.2) is 0 Å². The van der Waals surface area contributed by atoms with Crippen molar-refractivity contribution >= 4 is 11.4 Å². The van der Waals surface area contributed by atoms with E-state index in [4.69, 9.17) is 11.5 Å². The van der Waals surface area contributed by atoms with Gasteiger partial charge in [0.15, 0.2) is 0 Å². The second-order valence-electron chi connectivity index (χ2n) is 11.0. The first kappa shape index (κ1) is 27.0. The van der Waals surface area contributed by atoms with Crippen molar-refractivity contribution in [1.29, 1.82) is 0 Å². The van der Waals surface area contributed by atoms with Gasteiger partial charge < -0.3 is 11.5 Å². The third-order valence-electron chi connectivity index (χ3n) is 8.24. The summed E-state index contributed by atoms with van der Waals surface area (Å²) in [7, 11) is 0. The number of hydrogen-bond donors (Lipinski definition) is 2. The first-order valence-electron chi connectivity index (χ1n) is 14.9. The molecule has 0 heterocycles. The fraction of sp³-hybridized carbons (Fsp3) is 0. The molecule has 4 N–H and O–H groups in total. The minimum atomic E-state index is 0.747. The Hall–Kier alpha value is -5.86. The molecule has 2 heteroatoms. The Morgan fingerprint density at radius 2 is 0.568 bits per heavy atom. The van der Waals surface area contributed by atoms with Gasteiger partial charge in [-0.2, -0.15) is 0 Å². The molecule has 0 aliphatic heterocycles. The number of hydrogen-bond acceptors (Lipinski definition) is 2. The van der Waals surface area contributed by atoms with Crippen molar-refractivity contribution in [1.82, 2.24) is 0 Å². The lowest BCUT2D eigenvalue weighted by Gasteiger charge is -2.23. The predicted molar refractivity (Wildman–Crippen MR) is 188 cm³/mol. The van der Waals surface area contributed by atoms with Crippen LogP contribution in [0.2, 0.25) is 0 Å². The van der Waals surface area contributed by atoms with Crippen molar-refractivity contribution in [2.24, 2.45) is 0 Å². The van der Waals surface area contributed by atoms with E-state index in [1.165, 1.54) is 0 Å². The van der Waals surface area contributed by atoms with Crippen LogP contribution in [0.3, 0.4) is 0 Å². The molecular formula is C42H32N2. The van der Waals surface area contributed by atoms with E-state index in [-0.39, 0.29) is 0 Å². The zero-order chi connectivity index (χ0) is 29.9. The van der Waals surface area contributed by atoms with Gasteiger partial charge in [-0.1, -0.05) is 152 Å². The maximum Gasteiger partial charge on any atom is 0.0480 e. The zero-order valence-electron chi connectivity index (χ0n) is 24.3. The fourth-order valence-corrected chi connectivity index (χ4v) is 6.12. The highest BCUT2D eigenvalue weighted by Crippen LogP contribution is 2.50. The minimum Gasteiger partial charge on any atom is -0.398 e. The largest absolute Gasteiger partial charge is 0.398 e. The molecule has 0 atom stereocenters. The molecule has 210 valence electrons. The van der Waals surface area contributed by atoms with Gasteiger partial charge in [0.2, 0.25) is 0 Å². The van der Waals surface area contributed by atoms with Crippen molar-refractivity contribution in [2.45, 2.75) is 0 Å². The van der Waals surface area contributed by atoms with Crippen LogP contribution in [-0.4, -0.2) is 0 Å². The highest BCUT2D eigenvalue weighted by molar-refractivity contribution is 6.07. The molecule has 0 saturated carbocycles. The monoisotopic (exact) mass is 564 g/mol. The molecule has 7 aromatic rings. The van der Waals surface area contributed by atoms with Crippen molar-refractivity contribution in [3.05, 3.63) is 170 Å². The van der Waals surface area contributed by atoms with E-state index in [9.17, 15) is 0 Å². The number of nitrogen functional groups attached to an aromatic ring is 2. The predicted octanol–water partition coefficient (Wildman–Crippen LogP) is 10.9. The molecule has 0 aliphatic rings. The lowest BCUT2D eigenvalue weighted by atomic mass is 9.81. The van der Waals surface area contributed by atoms with E-state index in [0.717, 1.165) is 78.1 Å². The van der Waals surface area contributed by atoms with Gasteiger partial charge in [-0.3, -0.25) is 0 Å². The SMILES string of the molecule is Nc1c(-c2ccccc2)cc(-c2c(-c3ccccc3)cc(-c3ccccc3)c(N)c2-c2ccccc2)cc1-c1ccccc1. The normalized spacial score (nSPS) is 10.9. The van der Waals surface area contributed by atoms with Gasteiger partial charge in [0, 0.05) is 33.6 Å². The first-order valence-corrected chi connectivity index (χ1v) is 14.9. The van der Waals surface area contributed by atoms with E-state index >= 15 is 0 Å². The van der Waals surface area contributed by atoms with Gasteiger partial charge in [-0.05, 0) is 62.7 Å². The van der Waals surface area contributed by atoms with Crippen molar-refractivity contribution in [2.75, 3.05) is 11.5 Å². The molecule has 0 amide bonds. The number of benzene rings is 7. The standard InChI is InChI=1S/C42H32N2/c43-41-36(30-18-8-2-9-19-30)26-34(27-37(41)31-20-10-3-11-21-31)39-35(29-16-6-1-7-17-29)28-38(32-22-12-4-13-23-32)42(44)40(39)33-24-14-5-15-25-33/h1-28H,43-44H2. The van der Waals surface area contributed by atoms with Gasteiger partial charge in [-0.15, -0.1) is 0 Å². The van der Waals surface area contributed by atoms with E-state index in [1.54, 1.807) is 0 Å². The van der Waals surface area contributed by atoms with E-state index < -0.39 is 0 Å². The Labute approximate surface area is 258 Å². The summed E-state index contributed by atoms with van der Waals surface area (Å²) in [5.74, 6) is 0. The van der Waals surface area contributed by atoms with Gasteiger partial charge in [0.1, 0.15) is 0 Å². The second-order valence-corrected chi connectivity index (χ2v) is 11.0. The van der Waals surface area contributed by atoms with Crippen LogP contribution in [0.1, 0.15) is 0 Å². The van der Waals surface area contributed by atoms with Crippen LogP contribution in [0.15, 0.2) is 170 Å². The average molecular weight is 565 g/mol. The van der Waals surface area contributed by atoms with Crippen molar-refractivity contribution in [3.63, 3.8) is 0 Å². The topological polar surface area (TPSA) is 52.0 Å². The van der Waals surface area contributed by atoms with Crippen LogP contribution in [0.4, 0.5) is 11.4 Å². The van der Waals surface area contributed by atoms with E-state index in [1.807, 2.05) is 24.3 Å². The number of anilines is 2. The summed E-state index contributed by atoms with van der Waals surface area (Å²) in [6.07, 6.45) is 0. The third kappa shape index (κ3) is 5.04. The molecule has 0 radical (unpaired) electrons. The van der Waals surface area contributed by atoms with Gasteiger partial charge in [0.25, 0.3) is 0 Å². The molecule has 2 nitrogen and oxygen atoms in total. The first-order chi connectivity index (χ1) is 21.7. The summed E-state index contributed by atoms with van der Waals surface area (Å²) < 4.78 is 0. The molecule has 7 aromatic carbocycles. The Kier molecular flexibility index (Phi) is 7.24. The molecule has 0 unspecified atom stereocenters. The third-order valence-corrected chi connectivity index (χ3v) is 8.24. The highest BCUT2D eigenvalue weighted by Gasteiger charge is 2.23. The van der Waals surface area contributed by atoms with Crippen LogP contribution < -0.4 is 11.5 Å².